The molecular formula is C15H31IN6O. The second kappa shape index (κ2) is 12.5. The van der Waals surface area contributed by atoms with Crippen LogP contribution < -0.4 is 10.6 Å². The van der Waals surface area contributed by atoms with Gasteiger partial charge in [0, 0.05) is 33.9 Å². The summed E-state index contributed by atoms with van der Waals surface area (Å²) in [4.78, 5) is 4.59. The van der Waals surface area contributed by atoms with Gasteiger partial charge in [0.1, 0.15) is 12.4 Å². The predicted molar refractivity (Wildman–Crippen MR) is 104 cm³/mol. The number of methoxy groups -OCH3 is 1. The number of hydrogen-bond acceptors (Lipinski definition) is 4. The van der Waals surface area contributed by atoms with E-state index in [9.17, 15) is 0 Å². The van der Waals surface area contributed by atoms with Gasteiger partial charge in [-0.15, -0.1) is 34.2 Å². The number of aromatic nitrogens is 3. The Bertz CT molecular complexity index is 461. The van der Waals surface area contributed by atoms with Gasteiger partial charge in [-0.2, -0.15) is 0 Å². The van der Waals surface area contributed by atoms with Crippen molar-refractivity contribution in [3.63, 3.8) is 0 Å². The number of hydrogen-bond donors (Lipinski definition) is 2. The minimum Gasteiger partial charge on any atom is -0.385 e. The molecule has 0 spiro atoms. The SMILES string of the molecule is COCCCNC(=NCc1nnc(C)n1C)NCCC(C)C.I. The van der Waals surface area contributed by atoms with Crippen molar-refractivity contribution in [2.45, 2.75) is 40.2 Å². The van der Waals surface area contributed by atoms with Gasteiger partial charge < -0.3 is 19.9 Å². The first-order chi connectivity index (χ1) is 10.5. The molecule has 0 aliphatic heterocycles. The molecule has 0 fully saturated rings. The standard InChI is InChI=1S/C15H30N6O.HI/c1-12(2)7-9-17-15(16-8-6-10-22-5)18-11-14-20-19-13(3)21(14)4;/h12H,6-11H2,1-5H3,(H2,16,17,18);1H. The van der Waals surface area contributed by atoms with Gasteiger partial charge in [0.25, 0.3) is 0 Å². The zero-order valence-electron chi connectivity index (χ0n) is 14.9. The Balaban J connectivity index is 0.00000484. The normalized spacial score (nSPS) is 11.5. The summed E-state index contributed by atoms with van der Waals surface area (Å²) in [6.07, 6.45) is 2.06. The lowest BCUT2D eigenvalue weighted by Crippen LogP contribution is -2.39. The van der Waals surface area contributed by atoms with E-state index in [1.165, 1.54) is 0 Å². The summed E-state index contributed by atoms with van der Waals surface area (Å²) in [5, 5.41) is 14.9. The van der Waals surface area contributed by atoms with Crippen LogP contribution in [-0.2, 0) is 18.3 Å². The van der Waals surface area contributed by atoms with Crippen LogP contribution in [0.5, 0.6) is 0 Å². The number of halogens is 1. The average Bonchev–Trinajstić information content (AvgIpc) is 2.79. The van der Waals surface area contributed by atoms with Crippen molar-refractivity contribution in [1.29, 1.82) is 0 Å². The Kier molecular flexibility index (Phi) is 12.0. The van der Waals surface area contributed by atoms with Crippen molar-refractivity contribution in [3.05, 3.63) is 11.6 Å². The monoisotopic (exact) mass is 438 g/mol. The van der Waals surface area contributed by atoms with E-state index >= 15 is 0 Å². The van der Waals surface area contributed by atoms with Gasteiger partial charge in [-0.3, -0.25) is 0 Å². The van der Waals surface area contributed by atoms with Crippen LogP contribution in [0.3, 0.4) is 0 Å². The minimum atomic E-state index is 0. The fourth-order valence-electron chi connectivity index (χ4n) is 1.82. The number of aryl methyl sites for hydroxylation is 1. The molecule has 2 N–H and O–H groups in total. The zero-order chi connectivity index (χ0) is 16.4. The van der Waals surface area contributed by atoms with Crippen molar-refractivity contribution in [2.75, 3.05) is 26.8 Å². The van der Waals surface area contributed by atoms with E-state index in [1.807, 2.05) is 18.5 Å². The number of guanidine groups is 1. The molecule has 0 radical (unpaired) electrons. The number of rotatable bonds is 9. The lowest BCUT2D eigenvalue weighted by molar-refractivity contribution is 0.195. The molecule has 23 heavy (non-hydrogen) atoms. The summed E-state index contributed by atoms with van der Waals surface area (Å²) >= 11 is 0. The largest absolute Gasteiger partial charge is 0.385 e. The molecule has 0 aromatic carbocycles. The number of nitrogens with one attached hydrogen (secondary N) is 2. The molecule has 7 nitrogen and oxygen atoms in total. The lowest BCUT2D eigenvalue weighted by atomic mass is 10.1. The van der Waals surface area contributed by atoms with Crippen LogP contribution in [0.4, 0.5) is 0 Å². The summed E-state index contributed by atoms with van der Waals surface area (Å²) in [5.74, 6) is 3.24. The van der Waals surface area contributed by atoms with Crippen molar-refractivity contribution in [2.24, 2.45) is 18.0 Å². The Labute approximate surface area is 156 Å². The number of ether oxygens (including phenoxy) is 1. The summed E-state index contributed by atoms with van der Waals surface area (Å²) in [6.45, 7) is 9.36. The first-order valence-corrected chi connectivity index (χ1v) is 7.90. The van der Waals surface area contributed by atoms with E-state index in [1.54, 1.807) is 7.11 Å². The molecule has 134 valence electrons. The minimum absolute atomic E-state index is 0. The molecular weight excluding hydrogens is 407 g/mol. The van der Waals surface area contributed by atoms with Crippen molar-refractivity contribution in [3.8, 4) is 0 Å². The molecule has 8 heteroatoms. The third kappa shape index (κ3) is 9.09. The molecule has 0 aliphatic rings. The molecule has 0 atom stereocenters. The molecule has 1 aromatic rings. The van der Waals surface area contributed by atoms with Gasteiger partial charge in [-0.05, 0) is 25.7 Å². The van der Waals surface area contributed by atoms with Gasteiger partial charge in [0.15, 0.2) is 11.8 Å². The quantitative estimate of drug-likeness (QED) is 0.267. The number of aliphatic imine (C=N–C) groups is 1. The third-order valence-electron chi connectivity index (χ3n) is 3.39. The van der Waals surface area contributed by atoms with Crippen LogP contribution in [-0.4, -0.2) is 47.5 Å². The highest BCUT2D eigenvalue weighted by molar-refractivity contribution is 14.0. The molecule has 0 aliphatic carbocycles. The second-order valence-electron chi connectivity index (χ2n) is 5.77. The van der Waals surface area contributed by atoms with Gasteiger partial charge in [-0.25, -0.2) is 4.99 Å². The van der Waals surface area contributed by atoms with E-state index in [-0.39, 0.29) is 24.0 Å². The molecule has 0 saturated carbocycles. The summed E-state index contributed by atoms with van der Waals surface area (Å²) in [5.41, 5.74) is 0. The van der Waals surface area contributed by atoms with E-state index in [0.717, 1.165) is 50.1 Å². The van der Waals surface area contributed by atoms with Gasteiger partial charge in [-0.1, -0.05) is 13.8 Å². The average molecular weight is 438 g/mol. The maximum absolute atomic E-state index is 5.06. The fraction of sp³-hybridized carbons (Fsp3) is 0.800. The van der Waals surface area contributed by atoms with Gasteiger partial charge in [0.2, 0.25) is 0 Å². The first-order valence-electron chi connectivity index (χ1n) is 7.90. The van der Waals surface area contributed by atoms with Crippen LogP contribution in [0.1, 0.15) is 38.3 Å². The van der Waals surface area contributed by atoms with Crippen LogP contribution in [0, 0.1) is 12.8 Å². The fourth-order valence-corrected chi connectivity index (χ4v) is 1.82. The van der Waals surface area contributed by atoms with E-state index in [4.69, 9.17) is 4.74 Å². The van der Waals surface area contributed by atoms with Crippen molar-refractivity contribution in [1.82, 2.24) is 25.4 Å². The van der Waals surface area contributed by atoms with E-state index in [2.05, 4.69) is 39.7 Å². The van der Waals surface area contributed by atoms with Crippen molar-refractivity contribution < 1.29 is 4.74 Å². The molecule has 0 saturated heterocycles. The van der Waals surface area contributed by atoms with Crippen molar-refractivity contribution >= 4 is 29.9 Å². The number of nitrogens with zero attached hydrogens (tertiary/aromatic N) is 4. The van der Waals surface area contributed by atoms with Crippen LogP contribution in [0.25, 0.3) is 0 Å². The molecule has 1 aromatic heterocycles. The van der Waals surface area contributed by atoms with E-state index in [0.29, 0.717) is 12.5 Å². The predicted octanol–water partition coefficient (Wildman–Crippen LogP) is 1.86. The molecule has 0 bridgehead atoms. The summed E-state index contributed by atoms with van der Waals surface area (Å²) < 4.78 is 7.02. The van der Waals surface area contributed by atoms with Crippen LogP contribution in [0.2, 0.25) is 0 Å². The maximum atomic E-state index is 5.06. The van der Waals surface area contributed by atoms with Crippen LogP contribution in [0.15, 0.2) is 4.99 Å². The topological polar surface area (TPSA) is 76.4 Å². The lowest BCUT2D eigenvalue weighted by Gasteiger charge is -2.13. The van der Waals surface area contributed by atoms with Crippen LogP contribution >= 0.6 is 24.0 Å². The molecule has 1 heterocycles. The zero-order valence-corrected chi connectivity index (χ0v) is 17.3. The first kappa shape index (κ1) is 22.1. The Morgan fingerprint density at radius 1 is 1.26 bits per heavy atom. The molecule has 0 amide bonds. The molecule has 0 unspecified atom stereocenters. The Morgan fingerprint density at radius 3 is 2.52 bits per heavy atom. The smallest absolute Gasteiger partial charge is 0.191 e. The Morgan fingerprint density at radius 2 is 1.96 bits per heavy atom. The highest BCUT2D eigenvalue weighted by Crippen LogP contribution is 1.99. The molecule has 1 rings (SSSR count). The van der Waals surface area contributed by atoms with Gasteiger partial charge >= 0.3 is 0 Å². The summed E-state index contributed by atoms with van der Waals surface area (Å²) in [7, 11) is 3.67. The second-order valence-corrected chi connectivity index (χ2v) is 5.77. The summed E-state index contributed by atoms with van der Waals surface area (Å²) in [6, 6.07) is 0. The third-order valence-corrected chi connectivity index (χ3v) is 3.39. The maximum Gasteiger partial charge on any atom is 0.191 e. The Hall–Kier alpha value is -0.900. The van der Waals surface area contributed by atoms with E-state index < -0.39 is 0 Å². The van der Waals surface area contributed by atoms with Gasteiger partial charge in [0.05, 0.1) is 0 Å². The highest BCUT2D eigenvalue weighted by Gasteiger charge is 2.05. The highest BCUT2D eigenvalue weighted by atomic mass is 127.